The average molecular weight is 325 g/mol. The summed E-state index contributed by atoms with van der Waals surface area (Å²) in [5, 5.41) is 3.17. The van der Waals surface area contributed by atoms with Gasteiger partial charge in [0.25, 0.3) is 10.0 Å². The Hall–Kier alpha value is -0.140. The zero-order valence-corrected chi connectivity index (χ0v) is 13.9. The molecule has 1 unspecified atom stereocenters. The summed E-state index contributed by atoms with van der Waals surface area (Å²) in [5.41, 5.74) is 1.06. The fourth-order valence-electron chi connectivity index (χ4n) is 2.19. The zero-order valence-electron chi connectivity index (χ0n) is 11.5. The van der Waals surface area contributed by atoms with Crippen molar-refractivity contribution in [1.82, 2.24) is 9.62 Å². The topological polar surface area (TPSA) is 49.4 Å². The van der Waals surface area contributed by atoms with Crippen LogP contribution in [0.2, 0.25) is 0 Å². The van der Waals surface area contributed by atoms with Crippen molar-refractivity contribution in [3.63, 3.8) is 0 Å². The number of aryl methyl sites for hydroxylation is 2. The zero-order chi connectivity index (χ0) is 13.3. The molecule has 0 aromatic carbocycles. The number of sulfonamides is 1. The fourth-order valence-corrected chi connectivity index (χ4v) is 5.39. The van der Waals surface area contributed by atoms with Crippen LogP contribution in [-0.2, 0) is 10.0 Å². The van der Waals surface area contributed by atoms with Crippen molar-refractivity contribution in [2.24, 2.45) is 0 Å². The van der Waals surface area contributed by atoms with Gasteiger partial charge in [0.2, 0.25) is 0 Å². The van der Waals surface area contributed by atoms with Crippen molar-refractivity contribution in [3.05, 3.63) is 16.5 Å². The van der Waals surface area contributed by atoms with E-state index < -0.39 is 10.0 Å². The maximum Gasteiger partial charge on any atom is 0.252 e. The van der Waals surface area contributed by atoms with Gasteiger partial charge in [-0.25, -0.2) is 8.42 Å². The monoisotopic (exact) mass is 324 g/mol. The van der Waals surface area contributed by atoms with Gasteiger partial charge in [-0.1, -0.05) is 0 Å². The summed E-state index contributed by atoms with van der Waals surface area (Å²) in [7, 11) is -1.41. The van der Waals surface area contributed by atoms with Crippen molar-refractivity contribution in [2.45, 2.75) is 36.9 Å². The highest BCUT2D eigenvalue weighted by Crippen LogP contribution is 2.29. The summed E-state index contributed by atoms with van der Waals surface area (Å²) in [5.74, 6) is 0. The van der Waals surface area contributed by atoms with Gasteiger partial charge >= 0.3 is 0 Å². The van der Waals surface area contributed by atoms with Crippen LogP contribution in [0, 0.1) is 13.8 Å². The molecule has 1 N–H and O–H groups in total. The minimum Gasteiger partial charge on any atom is -0.316 e. The van der Waals surface area contributed by atoms with E-state index in [1.54, 1.807) is 10.4 Å². The highest BCUT2D eigenvalue weighted by atomic mass is 35.5. The molecule has 0 bridgehead atoms. The SMILES string of the molecule is CNC1CCCN(S(=O)(=O)c2cc(C)c(C)s2)C1.Cl. The maximum atomic E-state index is 12.5. The molecule has 2 heterocycles. The first-order valence-corrected chi connectivity index (χ1v) is 8.45. The molecular formula is C12H21ClN2O2S2. The second kappa shape index (κ2) is 6.54. The van der Waals surface area contributed by atoms with E-state index in [0.717, 1.165) is 23.3 Å². The van der Waals surface area contributed by atoms with Crippen molar-refractivity contribution < 1.29 is 8.42 Å². The number of likely N-dealkylation sites (N-methyl/N-ethyl adjacent to an activating group) is 1. The molecule has 0 aliphatic carbocycles. The molecule has 1 aliphatic heterocycles. The first-order valence-electron chi connectivity index (χ1n) is 6.19. The van der Waals surface area contributed by atoms with E-state index >= 15 is 0 Å². The molecule has 0 saturated carbocycles. The van der Waals surface area contributed by atoms with Gasteiger partial charge in [-0.2, -0.15) is 4.31 Å². The van der Waals surface area contributed by atoms with Crippen molar-refractivity contribution in [3.8, 4) is 0 Å². The smallest absolute Gasteiger partial charge is 0.252 e. The van der Waals surface area contributed by atoms with Gasteiger partial charge in [0.15, 0.2) is 0 Å². The van der Waals surface area contributed by atoms with Gasteiger partial charge in [-0.05, 0) is 45.4 Å². The molecule has 0 radical (unpaired) electrons. The Labute approximate surface area is 125 Å². The summed E-state index contributed by atoms with van der Waals surface area (Å²) in [4.78, 5) is 1.08. The quantitative estimate of drug-likeness (QED) is 0.927. The molecule has 1 aromatic rings. The predicted octanol–water partition coefficient (Wildman–Crippen LogP) is 2.16. The Kier molecular flexibility index (Phi) is 5.82. The Balaban J connectivity index is 0.00000180. The number of piperidine rings is 1. The van der Waals surface area contributed by atoms with E-state index in [-0.39, 0.29) is 18.4 Å². The van der Waals surface area contributed by atoms with Crippen molar-refractivity contribution >= 4 is 33.8 Å². The minimum absolute atomic E-state index is 0. The molecule has 2 rings (SSSR count). The number of halogens is 1. The standard InChI is InChI=1S/C12H20N2O2S2.ClH/c1-9-7-12(17-10(9)2)18(15,16)14-6-4-5-11(8-14)13-3;/h7,11,13H,4-6,8H2,1-3H3;1H. The lowest BCUT2D eigenvalue weighted by Gasteiger charge is -2.31. The lowest BCUT2D eigenvalue weighted by atomic mass is 10.1. The predicted molar refractivity (Wildman–Crippen MR) is 81.9 cm³/mol. The van der Waals surface area contributed by atoms with Gasteiger partial charge in [0.05, 0.1) is 0 Å². The Morgan fingerprint density at radius 3 is 2.63 bits per heavy atom. The van der Waals surface area contributed by atoms with Gasteiger partial charge in [0, 0.05) is 24.0 Å². The van der Waals surface area contributed by atoms with Crippen molar-refractivity contribution in [1.29, 1.82) is 0 Å². The van der Waals surface area contributed by atoms with E-state index in [1.807, 2.05) is 20.9 Å². The highest BCUT2D eigenvalue weighted by Gasteiger charge is 2.30. The van der Waals surface area contributed by atoms with E-state index in [9.17, 15) is 8.42 Å². The van der Waals surface area contributed by atoms with Gasteiger partial charge in [-0.3, -0.25) is 0 Å². The lowest BCUT2D eigenvalue weighted by molar-refractivity contribution is 0.293. The molecular weight excluding hydrogens is 304 g/mol. The second-order valence-corrected chi connectivity index (χ2v) is 8.22. The van der Waals surface area contributed by atoms with E-state index in [2.05, 4.69) is 5.32 Å². The van der Waals surface area contributed by atoms with Crippen LogP contribution in [0.25, 0.3) is 0 Å². The first-order chi connectivity index (χ1) is 8.45. The number of nitrogens with one attached hydrogen (secondary N) is 1. The third-order valence-corrected chi connectivity index (χ3v) is 7.00. The largest absolute Gasteiger partial charge is 0.316 e. The molecule has 1 aromatic heterocycles. The van der Waals surface area contributed by atoms with Crippen molar-refractivity contribution in [2.75, 3.05) is 20.1 Å². The molecule has 19 heavy (non-hydrogen) atoms. The normalized spacial score (nSPS) is 21.1. The Bertz CT molecular complexity index is 508. The maximum absolute atomic E-state index is 12.5. The average Bonchev–Trinajstić information content (AvgIpc) is 2.70. The van der Waals surface area contributed by atoms with Crippen LogP contribution in [0.5, 0.6) is 0 Å². The van der Waals surface area contributed by atoms with Gasteiger partial charge in [-0.15, -0.1) is 23.7 Å². The van der Waals surface area contributed by atoms with Crippen LogP contribution < -0.4 is 5.32 Å². The molecule has 7 heteroatoms. The molecule has 4 nitrogen and oxygen atoms in total. The summed E-state index contributed by atoms with van der Waals surface area (Å²) >= 11 is 1.37. The Morgan fingerprint density at radius 1 is 1.42 bits per heavy atom. The number of thiophene rings is 1. The molecule has 0 amide bonds. The molecule has 0 spiro atoms. The number of rotatable bonds is 3. The summed E-state index contributed by atoms with van der Waals surface area (Å²) in [6.07, 6.45) is 1.97. The highest BCUT2D eigenvalue weighted by molar-refractivity contribution is 7.91. The van der Waals surface area contributed by atoms with Crippen LogP contribution in [0.3, 0.4) is 0 Å². The third kappa shape index (κ3) is 3.49. The van der Waals surface area contributed by atoms with Crippen LogP contribution in [0.1, 0.15) is 23.3 Å². The second-order valence-electron chi connectivity index (χ2n) is 4.80. The first kappa shape index (κ1) is 16.9. The third-order valence-electron chi connectivity index (χ3n) is 3.53. The Morgan fingerprint density at radius 2 is 2.11 bits per heavy atom. The van der Waals surface area contributed by atoms with Gasteiger partial charge in [0.1, 0.15) is 4.21 Å². The minimum atomic E-state index is -3.29. The van der Waals surface area contributed by atoms with Crippen LogP contribution >= 0.6 is 23.7 Å². The number of hydrogen-bond donors (Lipinski definition) is 1. The number of hydrogen-bond acceptors (Lipinski definition) is 4. The summed E-state index contributed by atoms with van der Waals surface area (Å²) < 4.78 is 27.1. The molecule has 1 aliphatic rings. The molecule has 110 valence electrons. The number of nitrogens with zero attached hydrogens (tertiary/aromatic N) is 1. The van der Waals surface area contributed by atoms with Gasteiger partial charge < -0.3 is 5.32 Å². The van der Waals surface area contributed by atoms with E-state index in [0.29, 0.717) is 17.3 Å². The van der Waals surface area contributed by atoms with E-state index in [1.165, 1.54) is 11.3 Å². The van der Waals surface area contributed by atoms with Crippen LogP contribution in [-0.4, -0.2) is 38.9 Å². The summed E-state index contributed by atoms with van der Waals surface area (Å²) in [6.45, 7) is 5.13. The van der Waals surface area contributed by atoms with Crippen LogP contribution in [0.4, 0.5) is 0 Å². The molecule has 1 saturated heterocycles. The molecule has 1 fully saturated rings. The summed E-state index contributed by atoms with van der Waals surface area (Å²) in [6, 6.07) is 2.06. The molecule has 1 atom stereocenters. The van der Waals surface area contributed by atoms with E-state index in [4.69, 9.17) is 0 Å². The van der Waals surface area contributed by atoms with Crippen LogP contribution in [0.15, 0.2) is 10.3 Å². The fraction of sp³-hybridized carbons (Fsp3) is 0.667. The lowest BCUT2D eigenvalue weighted by Crippen LogP contribution is -2.46.